The van der Waals surface area contributed by atoms with Gasteiger partial charge in [-0.1, -0.05) is 12.2 Å². The van der Waals surface area contributed by atoms with Crippen LogP contribution in [0.3, 0.4) is 0 Å². The molecule has 0 saturated heterocycles. The highest BCUT2D eigenvalue weighted by molar-refractivity contribution is 7.71. The molecule has 3 rings (SSSR count). The Bertz CT molecular complexity index is 862. The van der Waals surface area contributed by atoms with Gasteiger partial charge in [0.25, 0.3) is 0 Å². The van der Waals surface area contributed by atoms with Crippen molar-refractivity contribution in [3.05, 3.63) is 51.2 Å². The second-order valence-corrected chi connectivity index (χ2v) is 6.03. The van der Waals surface area contributed by atoms with Gasteiger partial charge in [0.05, 0.1) is 18.9 Å². The van der Waals surface area contributed by atoms with E-state index in [1.54, 1.807) is 13.3 Å². The standard InChI is InChI=1S/C18H18N4OS/c1-23-13-8-6-12(7-9-13)11-20-22-17-15-5-3-2-4-14(15)16(10-19)18(24)21-17/h6-9,11H,2-5H2,1H3,(H2,21,22,24)/b20-11+. The van der Waals surface area contributed by atoms with Gasteiger partial charge < -0.3 is 9.72 Å². The number of aromatic nitrogens is 1. The number of H-pyrrole nitrogens is 1. The number of aromatic amines is 1. The van der Waals surface area contributed by atoms with Gasteiger partial charge in [-0.05, 0) is 66.6 Å². The Morgan fingerprint density at radius 1 is 1.25 bits per heavy atom. The topological polar surface area (TPSA) is 73.2 Å². The molecule has 1 aromatic carbocycles. The van der Waals surface area contributed by atoms with Gasteiger partial charge in [0.1, 0.15) is 22.3 Å². The Morgan fingerprint density at radius 2 is 1.96 bits per heavy atom. The fourth-order valence-corrected chi connectivity index (χ4v) is 3.19. The fraction of sp³-hybridized carbons (Fsp3) is 0.278. The van der Waals surface area contributed by atoms with Crippen LogP contribution in [-0.2, 0) is 12.8 Å². The zero-order valence-corrected chi connectivity index (χ0v) is 14.2. The van der Waals surface area contributed by atoms with E-state index in [9.17, 15) is 5.26 Å². The molecular formula is C18H18N4OS. The van der Waals surface area contributed by atoms with E-state index in [1.807, 2.05) is 24.3 Å². The first-order chi connectivity index (χ1) is 11.7. The van der Waals surface area contributed by atoms with E-state index in [-0.39, 0.29) is 0 Å². The molecule has 0 fully saturated rings. The highest BCUT2D eigenvalue weighted by Crippen LogP contribution is 2.29. The summed E-state index contributed by atoms with van der Waals surface area (Å²) in [6, 6.07) is 9.87. The van der Waals surface area contributed by atoms with Gasteiger partial charge in [-0.2, -0.15) is 10.4 Å². The molecule has 0 atom stereocenters. The molecule has 0 radical (unpaired) electrons. The van der Waals surface area contributed by atoms with Crippen molar-refractivity contribution in [2.75, 3.05) is 12.5 Å². The molecule has 1 aliphatic rings. The Morgan fingerprint density at radius 3 is 2.62 bits per heavy atom. The number of hydrazone groups is 1. The molecule has 0 aliphatic heterocycles. The SMILES string of the molecule is COc1ccc(/C=N/Nc2[nH]c(=S)c(C#N)c3c2CCCC3)cc1. The van der Waals surface area contributed by atoms with E-state index in [2.05, 4.69) is 21.6 Å². The Kier molecular flexibility index (Phi) is 4.92. The third-order valence-electron chi connectivity index (χ3n) is 4.15. The lowest BCUT2D eigenvalue weighted by atomic mass is 9.90. The van der Waals surface area contributed by atoms with E-state index in [0.29, 0.717) is 10.2 Å². The number of methoxy groups -OCH3 is 1. The maximum atomic E-state index is 9.34. The van der Waals surface area contributed by atoms with Gasteiger partial charge in [-0.15, -0.1) is 0 Å². The van der Waals surface area contributed by atoms with Crippen LogP contribution in [0.2, 0.25) is 0 Å². The number of hydrogen-bond donors (Lipinski definition) is 2. The first kappa shape index (κ1) is 16.2. The molecule has 122 valence electrons. The molecule has 24 heavy (non-hydrogen) atoms. The van der Waals surface area contributed by atoms with Crippen LogP contribution in [0.5, 0.6) is 5.75 Å². The van der Waals surface area contributed by atoms with E-state index >= 15 is 0 Å². The zero-order chi connectivity index (χ0) is 16.9. The molecule has 1 aliphatic carbocycles. The molecule has 5 nitrogen and oxygen atoms in total. The first-order valence-corrected chi connectivity index (χ1v) is 8.25. The zero-order valence-electron chi connectivity index (χ0n) is 13.4. The number of nitrogens with zero attached hydrogens (tertiary/aromatic N) is 2. The molecule has 1 heterocycles. The summed E-state index contributed by atoms with van der Waals surface area (Å²) in [5, 5.41) is 13.6. The van der Waals surface area contributed by atoms with Gasteiger partial charge in [-0.3, -0.25) is 5.43 Å². The number of nitriles is 1. The predicted octanol–water partition coefficient (Wildman–Crippen LogP) is 3.95. The van der Waals surface area contributed by atoms with Crippen molar-refractivity contribution < 1.29 is 4.74 Å². The molecule has 0 spiro atoms. The Labute approximate surface area is 146 Å². The number of ether oxygens (including phenoxy) is 1. The smallest absolute Gasteiger partial charge is 0.128 e. The largest absolute Gasteiger partial charge is 0.497 e. The van der Waals surface area contributed by atoms with Crippen molar-refractivity contribution in [1.29, 1.82) is 5.26 Å². The summed E-state index contributed by atoms with van der Waals surface area (Å²) in [4.78, 5) is 3.11. The van der Waals surface area contributed by atoms with E-state index in [4.69, 9.17) is 17.0 Å². The molecule has 6 heteroatoms. The van der Waals surface area contributed by atoms with Crippen molar-refractivity contribution in [2.45, 2.75) is 25.7 Å². The molecular weight excluding hydrogens is 320 g/mol. The minimum absolute atomic E-state index is 0.472. The summed E-state index contributed by atoms with van der Waals surface area (Å²) in [6.45, 7) is 0. The highest BCUT2D eigenvalue weighted by Gasteiger charge is 2.18. The lowest BCUT2D eigenvalue weighted by Gasteiger charge is -2.20. The highest BCUT2D eigenvalue weighted by atomic mass is 32.1. The molecule has 2 aromatic rings. The number of hydrogen-bond acceptors (Lipinski definition) is 5. The first-order valence-electron chi connectivity index (χ1n) is 7.84. The van der Waals surface area contributed by atoms with Gasteiger partial charge in [0.15, 0.2) is 0 Å². The minimum atomic E-state index is 0.472. The number of pyridine rings is 1. The van der Waals surface area contributed by atoms with Crippen LogP contribution in [0.4, 0.5) is 5.82 Å². The monoisotopic (exact) mass is 338 g/mol. The summed E-state index contributed by atoms with van der Waals surface area (Å²) in [6.07, 6.45) is 5.77. The number of rotatable bonds is 4. The lowest BCUT2D eigenvalue weighted by Crippen LogP contribution is -2.11. The van der Waals surface area contributed by atoms with Crippen molar-refractivity contribution in [2.24, 2.45) is 5.10 Å². The fourth-order valence-electron chi connectivity index (χ4n) is 2.92. The van der Waals surface area contributed by atoms with Gasteiger partial charge >= 0.3 is 0 Å². The number of fused-ring (bicyclic) bond motifs is 1. The summed E-state index contributed by atoms with van der Waals surface area (Å²) in [7, 11) is 1.64. The molecule has 0 saturated carbocycles. The van der Waals surface area contributed by atoms with Gasteiger partial charge in [-0.25, -0.2) is 0 Å². The van der Waals surface area contributed by atoms with Crippen LogP contribution in [0, 0.1) is 16.0 Å². The minimum Gasteiger partial charge on any atom is -0.497 e. The number of benzene rings is 1. The summed E-state index contributed by atoms with van der Waals surface area (Å²) >= 11 is 5.31. The number of anilines is 1. The van der Waals surface area contributed by atoms with E-state index in [1.165, 1.54) is 0 Å². The number of nitrogens with one attached hydrogen (secondary N) is 2. The van der Waals surface area contributed by atoms with Crippen molar-refractivity contribution in [1.82, 2.24) is 4.98 Å². The quantitative estimate of drug-likeness (QED) is 0.503. The van der Waals surface area contributed by atoms with Crippen LogP contribution in [0.15, 0.2) is 29.4 Å². The maximum Gasteiger partial charge on any atom is 0.128 e. The van der Waals surface area contributed by atoms with Crippen LogP contribution in [0.25, 0.3) is 0 Å². The molecule has 0 amide bonds. The lowest BCUT2D eigenvalue weighted by molar-refractivity contribution is 0.415. The third kappa shape index (κ3) is 3.31. The Balaban J connectivity index is 1.85. The molecule has 0 unspecified atom stereocenters. The predicted molar refractivity (Wildman–Crippen MR) is 97.2 cm³/mol. The Hall–Kier alpha value is -2.65. The van der Waals surface area contributed by atoms with E-state index in [0.717, 1.165) is 53.9 Å². The second kappa shape index (κ2) is 7.28. The molecule has 2 N–H and O–H groups in total. The average molecular weight is 338 g/mol. The average Bonchev–Trinajstić information content (AvgIpc) is 2.62. The van der Waals surface area contributed by atoms with Gasteiger partial charge in [0.2, 0.25) is 0 Å². The van der Waals surface area contributed by atoms with Crippen LogP contribution >= 0.6 is 12.2 Å². The van der Waals surface area contributed by atoms with E-state index < -0.39 is 0 Å². The third-order valence-corrected chi connectivity index (χ3v) is 4.46. The summed E-state index contributed by atoms with van der Waals surface area (Å²) in [5.74, 6) is 1.60. The van der Waals surface area contributed by atoms with Crippen LogP contribution in [0.1, 0.15) is 35.1 Å². The maximum absolute atomic E-state index is 9.34. The molecule has 0 bridgehead atoms. The van der Waals surface area contributed by atoms with Crippen molar-refractivity contribution in [3.63, 3.8) is 0 Å². The summed E-state index contributed by atoms with van der Waals surface area (Å²) in [5.41, 5.74) is 6.80. The van der Waals surface area contributed by atoms with Gasteiger partial charge in [0, 0.05) is 0 Å². The van der Waals surface area contributed by atoms with Crippen LogP contribution < -0.4 is 10.2 Å². The van der Waals surface area contributed by atoms with Crippen LogP contribution in [-0.4, -0.2) is 18.3 Å². The van der Waals surface area contributed by atoms with Crippen molar-refractivity contribution in [3.8, 4) is 11.8 Å². The normalized spacial score (nSPS) is 13.3. The summed E-state index contributed by atoms with van der Waals surface area (Å²) < 4.78 is 5.61. The van der Waals surface area contributed by atoms with Crippen molar-refractivity contribution >= 4 is 24.3 Å². The second-order valence-electron chi connectivity index (χ2n) is 5.62. The molecule has 1 aromatic heterocycles.